The van der Waals surface area contributed by atoms with Gasteiger partial charge in [-0.2, -0.15) is 0 Å². The summed E-state index contributed by atoms with van der Waals surface area (Å²) in [4.78, 5) is 29.8. The molecule has 2 aromatic rings. The molecule has 0 bridgehead atoms. The monoisotopic (exact) mass is 308 g/mol. The van der Waals surface area contributed by atoms with E-state index in [9.17, 15) is 9.59 Å². The summed E-state index contributed by atoms with van der Waals surface area (Å²) in [6, 6.07) is 6.70. The third kappa shape index (κ3) is 3.58. The molecule has 0 fully saturated rings. The predicted octanol–water partition coefficient (Wildman–Crippen LogP) is 2.65. The Bertz CT molecular complexity index is 686. The van der Waals surface area contributed by atoms with Crippen LogP contribution in [0.15, 0.2) is 39.1 Å². The van der Waals surface area contributed by atoms with Gasteiger partial charge in [0.15, 0.2) is 0 Å². The molecule has 0 aliphatic heterocycles. The van der Waals surface area contributed by atoms with Crippen LogP contribution >= 0.6 is 24.0 Å². The number of ether oxygens (including phenoxy) is 1. The second-order valence-electron chi connectivity index (χ2n) is 3.75. The van der Waals surface area contributed by atoms with E-state index < -0.39 is 0 Å². The summed E-state index contributed by atoms with van der Waals surface area (Å²) in [5, 5.41) is 0.492. The van der Waals surface area contributed by atoms with E-state index in [0.29, 0.717) is 27.8 Å². The first-order valence-electron chi connectivity index (χ1n) is 5.83. The van der Waals surface area contributed by atoms with Gasteiger partial charge in [0, 0.05) is 6.21 Å². The first-order chi connectivity index (χ1) is 9.60. The fourth-order valence-electron chi connectivity index (χ4n) is 1.45. The quantitative estimate of drug-likeness (QED) is 0.518. The van der Waals surface area contributed by atoms with Gasteiger partial charge in [-0.05, 0) is 31.2 Å². The highest BCUT2D eigenvalue weighted by Crippen LogP contribution is 2.16. The van der Waals surface area contributed by atoms with Crippen molar-refractivity contribution in [2.75, 3.05) is 6.61 Å². The van der Waals surface area contributed by atoms with Gasteiger partial charge in [-0.25, -0.2) is 4.79 Å². The number of thiazole rings is 1. The molecule has 0 aliphatic carbocycles. The Kier molecular flexibility index (Phi) is 4.75. The molecule has 7 heteroatoms. The zero-order chi connectivity index (χ0) is 14.5. The summed E-state index contributed by atoms with van der Waals surface area (Å²) in [5.41, 5.74) is 1.15. The lowest BCUT2D eigenvalue weighted by atomic mass is 10.2. The minimum atomic E-state index is -0.357. The summed E-state index contributed by atoms with van der Waals surface area (Å²) < 4.78 is 4.89. The molecule has 0 saturated carbocycles. The van der Waals surface area contributed by atoms with Gasteiger partial charge >= 0.3 is 10.8 Å². The third-order valence-corrected chi connectivity index (χ3v) is 3.69. The highest BCUT2D eigenvalue weighted by atomic mass is 32.1. The highest BCUT2D eigenvalue weighted by molar-refractivity contribution is 7.80. The lowest BCUT2D eigenvalue weighted by Gasteiger charge is -2.01. The minimum absolute atomic E-state index is 0.172. The van der Waals surface area contributed by atoms with Crippen LogP contribution < -0.4 is 4.87 Å². The van der Waals surface area contributed by atoms with Gasteiger partial charge in [-0.15, -0.1) is 12.6 Å². The molecule has 0 aliphatic rings. The van der Waals surface area contributed by atoms with Crippen molar-refractivity contribution in [1.29, 1.82) is 0 Å². The second-order valence-corrected chi connectivity index (χ2v) is 5.21. The molecule has 20 heavy (non-hydrogen) atoms. The highest BCUT2D eigenvalue weighted by Gasteiger charge is 2.05. The molecule has 1 heterocycles. The van der Waals surface area contributed by atoms with Gasteiger partial charge in [-0.3, -0.25) is 9.79 Å². The van der Waals surface area contributed by atoms with Crippen molar-refractivity contribution < 1.29 is 9.53 Å². The van der Waals surface area contributed by atoms with Crippen molar-refractivity contribution in [3.63, 3.8) is 0 Å². The standard InChI is InChI=1S/C13H12N2O3S2/c1-2-18-12(16)8-3-5-9(6-4-8)14-7-10-11(19)15-13(17)20-10/h3-7,19H,2H2,1H3,(H,15,17). The minimum Gasteiger partial charge on any atom is -0.462 e. The van der Waals surface area contributed by atoms with Crippen LogP contribution in [-0.2, 0) is 4.74 Å². The van der Waals surface area contributed by atoms with Gasteiger partial charge in [0.05, 0.1) is 27.8 Å². The summed E-state index contributed by atoms with van der Waals surface area (Å²) in [6.45, 7) is 2.10. The van der Waals surface area contributed by atoms with Crippen molar-refractivity contribution in [2.24, 2.45) is 4.99 Å². The molecule has 0 saturated heterocycles. The molecular weight excluding hydrogens is 296 g/mol. The molecule has 1 aromatic heterocycles. The van der Waals surface area contributed by atoms with Gasteiger partial charge in [0.25, 0.3) is 0 Å². The molecule has 0 unspecified atom stereocenters. The van der Waals surface area contributed by atoms with Crippen LogP contribution in [-0.4, -0.2) is 23.8 Å². The van der Waals surface area contributed by atoms with Gasteiger partial charge in [-0.1, -0.05) is 11.3 Å². The molecular formula is C13H12N2O3S2. The normalized spacial score (nSPS) is 10.9. The number of hydrogen-bond acceptors (Lipinski definition) is 6. The molecule has 104 valence electrons. The van der Waals surface area contributed by atoms with E-state index in [0.717, 1.165) is 11.3 Å². The van der Waals surface area contributed by atoms with E-state index in [4.69, 9.17) is 4.74 Å². The number of aromatic amines is 1. The molecule has 0 spiro atoms. The predicted molar refractivity (Wildman–Crippen MR) is 81.8 cm³/mol. The molecule has 0 radical (unpaired) electrons. The number of nitrogens with zero attached hydrogens (tertiary/aromatic N) is 1. The van der Waals surface area contributed by atoms with Crippen LogP contribution in [0, 0.1) is 0 Å². The van der Waals surface area contributed by atoms with Gasteiger partial charge in [0.1, 0.15) is 0 Å². The number of rotatable bonds is 4. The first kappa shape index (κ1) is 14.5. The fraction of sp³-hybridized carbons (Fsp3) is 0.154. The maximum Gasteiger partial charge on any atom is 0.338 e. The summed E-state index contributed by atoms with van der Waals surface area (Å²) in [6.07, 6.45) is 1.56. The molecule has 1 aromatic carbocycles. The number of esters is 1. The van der Waals surface area contributed by atoms with Crippen LogP contribution in [0.5, 0.6) is 0 Å². The topological polar surface area (TPSA) is 71.5 Å². The molecule has 0 atom stereocenters. The van der Waals surface area contributed by atoms with Crippen LogP contribution in [0.1, 0.15) is 22.2 Å². The van der Waals surface area contributed by atoms with E-state index in [2.05, 4.69) is 22.6 Å². The SMILES string of the molecule is CCOC(=O)c1ccc(N=Cc2sc(=O)[nH]c2S)cc1. The number of aliphatic imine (C=N–C) groups is 1. The zero-order valence-corrected chi connectivity index (χ0v) is 12.3. The Morgan fingerprint density at radius 2 is 2.15 bits per heavy atom. The number of H-pyrrole nitrogens is 1. The number of carbonyl (C=O) groups excluding carboxylic acids is 1. The van der Waals surface area contributed by atoms with Crippen molar-refractivity contribution in [3.8, 4) is 0 Å². The lowest BCUT2D eigenvalue weighted by Crippen LogP contribution is -2.03. The number of nitrogens with one attached hydrogen (secondary N) is 1. The van der Waals surface area contributed by atoms with Gasteiger partial charge in [0.2, 0.25) is 0 Å². The Labute approximate surface area is 124 Å². The Hall–Kier alpha value is -1.86. The van der Waals surface area contributed by atoms with Crippen molar-refractivity contribution in [2.45, 2.75) is 11.9 Å². The molecule has 2 rings (SSSR count). The molecule has 1 N–H and O–H groups in total. The largest absolute Gasteiger partial charge is 0.462 e. The van der Waals surface area contributed by atoms with Crippen LogP contribution in [0.2, 0.25) is 0 Å². The number of benzene rings is 1. The maximum absolute atomic E-state index is 11.5. The summed E-state index contributed by atoms with van der Waals surface area (Å²) in [5.74, 6) is -0.357. The maximum atomic E-state index is 11.5. The number of carbonyl (C=O) groups is 1. The third-order valence-electron chi connectivity index (χ3n) is 2.37. The van der Waals surface area contributed by atoms with E-state index >= 15 is 0 Å². The van der Waals surface area contributed by atoms with E-state index in [1.165, 1.54) is 0 Å². The van der Waals surface area contributed by atoms with Crippen molar-refractivity contribution in [3.05, 3.63) is 44.4 Å². The van der Waals surface area contributed by atoms with Crippen LogP contribution in [0.4, 0.5) is 5.69 Å². The second kappa shape index (κ2) is 6.53. The van der Waals surface area contributed by atoms with Gasteiger partial charge < -0.3 is 9.72 Å². The fourth-order valence-corrected chi connectivity index (χ4v) is 2.43. The average molecular weight is 308 g/mol. The molecule has 5 nitrogen and oxygen atoms in total. The van der Waals surface area contributed by atoms with E-state index in [1.54, 1.807) is 37.4 Å². The molecule has 0 amide bonds. The Balaban J connectivity index is 2.13. The van der Waals surface area contributed by atoms with Crippen molar-refractivity contribution >= 4 is 41.8 Å². The number of thiol groups is 1. The van der Waals surface area contributed by atoms with E-state index in [-0.39, 0.29) is 10.8 Å². The van der Waals surface area contributed by atoms with Crippen LogP contribution in [0.25, 0.3) is 0 Å². The van der Waals surface area contributed by atoms with Crippen molar-refractivity contribution in [1.82, 2.24) is 4.98 Å². The summed E-state index contributed by atoms with van der Waals surface area (Å²) in [7, 11) is 0. The first-order valence-corrected chi connectivity index (χ1v) is 7.10. The van der Waals surface area contributed by atoms with Crippen LogP contribution in [0.3, 0.4) is 0 Å². The number of aromatic nitrogens is 1. The Morgan fingerprint density at radius 3 is 2.70 bits per heavy atom. The summed E-state index contributed by atoms with van der Waals surface area (Å²) >= 11 is 5.17. The Morgan fingerprint density at radius 1 is 1.45 bits per heavy atom. The lowest BCUT2D eigenvalue weighted by molar-refractivity contribution is 0.0526. The average Bonchev–Trinajstić information content (AvgIpc) is 2.75. The number of hydrogen-bond donors (Lipinski definition) is 2. The smallest absolute Gasteiger partial charge is 0.338 e. The van der Waals surface area contributed by atoms with E-state index in [1.807, 2.05) is 0 Å². The zero-order valence-electron chi connectivity index (χ0n) is 10.6.